The Morgan fingerprint density at radius 3 is 2.48 bits per heavy atom. The first-order valence-corrected chi connectivity index (χ1v) is 8.33. The molecule has 1 heterocycles. The number of hydrogen-bond donors (Lipinski definition) is 2. The average Bonchev–Trinajstić information content (AvgIpc) is 2.62. The van der Waals surface area contributed by atoms with Gasteiger partial charge in [0.2, 0.25) is 0 Å². The van der Waals surface area contributed by atoms with Gasteiger partial charge in [-0.3, -0.25) is 0 Å². The minimum Gasteiger partial charge on any atom is -0.490 e. The van der Waals surface area contributed by atoms with Crippen LogP contribution >= 0.6 is 0 Å². The second kappa shape index (κ2) is 8.39. The number of nitrogens with one attached hydrogen (secondary N) is 2. The van der Waals surface area contributed by atoms with E-state index < -0.39 is 0 Å². The van der Waals surface area contributed by atoms with E-state index in [2.05, 4.69) is 47.1 Å². The molecule has 3 nitrogen and oxygen atoms in total. The van der Waals surface area contributed by atoms with Crippen LogP contribution in [0.3, 0.4) is 0 Å². The Hall–Kier alpha value is -2.26. The molecule has 2 N–H and O–H groups in total. The number of piperidine rings is 1. The molecule has 0 radical (unpaired) electrons. The fraction of sp³-hybridized carbons (Fsp3) is 0.300. The summed E-state index contributed by atoms with van der Waals surface area (Å²) in [5.74, 6) is 0.960. The van der Waals surface area contributed by atoms with Crippen LogP contribution in [0.5, 0.6) is 5.75 Å². The molecule has 1 saturated heterocycles. The highest BCUT2D eigenvalue weighted by molar-refractivity contribution is 5.51. The van der Waals surface area contributed by atoms with Crippen molar-refractivity contribution in [3.63, 3.8) is 0 Å². The lowest BCUT2D eigenvalue weighted by Crippen LogP contribution is -2.34. The highest BCUT2D eigenvalue weighted by Gasteiger charge is 2.13. The summed E-state index contributed by atoms with van der Waals surface area (Å²) in [5, 5.41) is 6.75. The normalized spacial score (nSPS) is 15.7. The molecule has 3 rings (SSSR count). The topological polar surface area (TPSA) is 33.3 Å². The molecule has 23 heavy (non-hydrogen) atoms. The zero-order valence-electron chi connectivity index (χ0n) is 13.4. The SMILES string of the molecule is C(=Cc1ccccc1)CNc1ccc(OC2CCNCC2)cc1. The van der Waals surface area contributed by atoms with Gasteiger partial charge in [0.05, 0.1) is 0 Å². The van der Waals surface area contributed by atoms with E-state index in [1.807, 2.05) is 30.3 Å². The van der Waals surface area contributed by atoms with Crippen molar-refractivity contribution < 1.29 is 4.74 Å². The maximum Gasteiger partial charge on any atom is 0.119 e. The van der Waals surface area contributed by atoms with Crippen molar-refractivity contribution in [1.29, 1.82) is 0 Å². The van der Waals surface area contributed by atoms with Crippen LogP contribution in [-0.2, 0) is 0 Å². The molecule has 1 fully saturated rings. The van der Waals surface area contributed by atoms with Crippen LogP contribution in [0.4, 0.5) is 5.69 Å². The predicted octanol–water partition coefficient (Wildman–Crippen LogP) is 3.94. The standard InChI is InChI=1S/C20H24N2O/c1-2-5-17(6-3-1)7-4-14-22-18-8-10-19(11-9-18)23-20-12-15-21-16-13-20/h1-11,20-22H,12-16H2. The molecule has 0 unspecified atom stereocenters. The summed E-state index contributed by atoms with van der Waals surface area (Å²) in [4.78, 5) is 0. The second-order valence-electron chi connectivity index (χ2n) is 5.79. The summed E-state index contributed by atoms with van der Waals surface area (Å²) < 4.78 is 6.01. The molecule has 2 aromatic rings. The Morgan fingerprint density at radius 2 is 1.74 bits per heavy atom. The first kappa shape index (κ1) is 15.6. The van der Waals surface area contributed by atoms with Gasteiger partial charge >= 0.3 is 0 Å². The van der Waals surface area contributed by atoms with E-state index in [9.17, 15) is 0 Å². The van der Waals surface area contributed by atoms with Crippen molar-refractivity contribution in [2.45, 2.75) is 18.9 Å². The van der Waals surface area contributed by atoms with Crippen LogP contribution < -0.4 is 15.4 Å². The van der Waals surface area contributed by atoms with Crippen molar-refractivity contribution in [3.8, 4) is 5.75 Å². The van der Waals surface area contributed by atoms with E-state index >= 15 is 0 Å². The molecule has 1 aliphatic heterocycles. The van der Waals surface area contributed by atoms with Gasteiger partial charge in [-0.15, -0.1) is 0 Å². The third-order valence-electron chi connectivity index (χ3n) is 3.98. The molecular weight excluding hydrogens is 284 g/mol. The lowest BCUT2D eigenvalue weighted by Gasteiger charge is -2.23. The Balaban J connectivity index is 1.45. The Morgan fingerprint density at radius 1 is 1.00 bits per heavy atom. The van der Waals surface area contributed by atoms with Gasteiger partial charge in [0, 0.05) is 12.2 Å². The van der Waals surface area contributed by atoms with Gasteiger partial charge in [0.25, 0.3) is 0 Å². The van der Waals surface area contributed by atoms with Gasteiger partial charge in [-0.25, -0.2) is 0 Å². The fourth-order valence-corrected chi connectivity index (χ4v) is 2.69. The van der Waals surface area contributed by atoms with Crippen molar-refractivity contribution >= 4 is 11.8 Å². The second-order valence-corrected chi connectivity index (χ2v) is 5.79. The molecule has 0 aliphatic carbocycles. The summed E-state index contributed by atoms with van der Waals surface area (Å²) in [6, 6.07) is 18.6. The number of anilines is 1. The quantitative estimate of drug-likeness (QED) is 0.848. The number of benzene rings is 2. The van der Waals surface area contributed by atoms with E-state index in [-0.39, 0.29) is 0 Å². The molecule has 0 amide bonds. The van der Waals surface area contributed by atoms with Crippen LogP contribution in [0.15, 0.2) is 60.7 Å². The fourth-order valence-electron chi connectivity index (χ4n) is 2.69. The zero-order valence-corrected chi connectivity index (χ0v) is 13.4. The lowest BCUT2D eigenvalue weighted by molar-refractivity contribution is 0.162. The third kappa shape index (κ3) is 5.15. The lowest BCUT2D eigenvalue weighted by atomic mass is 10.1. The van der Waals surface area contributed by atoms with E-state index in [1.165, 1.54) is 5.56 Å². The van der Waals surface area contributed by atoms with E-state index in [0.29, 0.717) is 6.10 Å². The zero-order chi connectivity index (χ0) is 15.7. The van der Waals surface area contributed by atoms with Gasteiger partial charge in [0.1, 0.15) is 11.9 Å². The predicted molar refractivity (Wildman–Crippen MR) is 96.9 cm³/mol. The summed E-state index contributed by atoms with van der Waals surface area (Å²) in [7, 11) is 0. The highest BCUT2D eigenvalue weighted by Crippen LogP contribution is 2.19. The van der Waals surface area contributed by atoms with E-state index in [4.69, 9.17) is 4.74 Å². The molecule has 0 bridgehead atoms. The van der Waals surface area contributed by atoms with Gasteiger partial charge in [-0.05, 0) is 55.8 Å². The van der Waals surface area contributed by atoms with Crippen LogP contribution in [-0.4, -0.2) is 25.7 Å². The molecule has 1 aliphatic rings. The molecule has 2 aromatic carbocycles. The maximum atomic E-state index is 6.01. The third-order valence-corrected chi connectivity index (χ3v) is 3.98. The van der Waals surface area contributed by atoms with Gasteiger partial charge in [-0.1, -0.05) is 42.5 Å². The van der Waals surface area contributed by atoms with Gasteiger partial charge < -0.3 is 15.4 Å². The Bertz CT molecular complexity index is 601. The molecular formula is C20H24N2O. The van der Waals surface area contributed by atoms with Crippen LogP contribution in [0.2, 0.25) is 0 Å². The molecule has 3 heteroatoms. The smallest absolute Gasteiger partial charge is 0.119 e. The van der Waals surface area contributed by atoms with Crippen LogP contribution in [0.25, 0.3) is 6.08 Å². The van der Waals surface area contributed by atoms with E-state index in [0.717, 1.165) is 43.9 Å². The number of hydrogen-bond acceptors (Lipinski definition) is 3. The Kier molecular flexibility index (Phi) is 5.70. The molecule has 0 atom stereocenters. The first-order chi connectivity index (χ1) is 11.4. The number of rotatable bonds is 6. The van der Waals surface area contributed by atoms with Crippen molar-refractivity contribution in [1.82, 2.24) is 5.32 Å². The van der Waals surface area contributed by atoms with Crippen molar-refractivity contribution in [2.24, 2.45) is 0 Å². The summed E-state index contributed by atoms with van der Waals surface area (Å²) >= 11 is 0. The summed E-state index contributed by atoms with van der Waals surface area (Å²) in [6.45, 7) is 2.92. The van der Waals surface area contributed by atoms with E-state index in [1.54, 1.807) is 0 Å². The maximum absolute atomic E-state index is 6.01. The molecule has 0 spiro atoms. The monoisotopic (exact) mass is 308 g/mol. The van der Waals surface area contributed by atoms with Gasteiger partial charge in [0.15, 0.2) is 0 Å². The van der Waals surface area contributed by atoms with Crippen molar-refractivity contribution in [3.05, 3.63) is 66.2 Å². The molecule has 0 saturated carbocycles. The molecule has 0 aromatic heterocycles. The summed E-state index contributed by atoms with van der Waals surface area (Å²) in [6.07, 6.45) is 6.79. The van der Waals surface area contributed by atoms with Gasteiger partial charge in [-0.2, -0.15) is 0 Å². The van der Waals surface area contributed by atoms with Crippen LogP contribution in [0, 0.1) is 0 Å². The highest BCUT2D eigenvalue weighted by atomic mass is 16.5. The van der Waals surface area contributed by atoms with Crippen molar-refractivity contribution in [2.75, 3.05) is 25.0 Å². The largest absolute Gasteiger partial charge is 0.490 e. The number of ether oxygens (including phenoxy) is 1. The average molecular weight is 308 g/mol. The summed E-state index contributed by atoms with van der Waals surface area (Å²) in [5.41, 5.74) is 2.33. The minimum absolute atomic E-state index is 0.351. The van der Waals surface area contributed by atoms with Crippen LogP contribution in [0.1, 0.15) is 18.4 Å². The molecule has 120 valence electrons. The minimum atomic E-state index is 0.351. The Labute approximate surface area is 138 Å². The first-order valence-electron chi connectivity index (χ1n) is 8.33.